The Balaban J connectivity index is 2.49. The molecule has 0 aliphatic carbocycles. The van der Waals surface area contributed by atoms with Crippen LogP contribution in [0.3, 0.4) is 0 Å². The second-order valence-corrected chi connectivity index (χ2v) is 6.82. The number of thioether (sulfide) groups is 1. The Hall–Kier alpha value is -1.00. The Morgan fingerprint density at radius 2 is 1.89 bits per heavy atom. The lowest BCUT2D eigenvalue weighted by Crippen LogP contribution is -2.39. The van der Waals surface area contributed by atoms with Gasteiger partial charge in [0.15, 0.2) is 0 Å². The van der Waals surface area contributed by atoms with Crippen molar-refractivity contribution in [3.8, 4) is 0 Å². The number of nitrogens with two attached hydrogens (primary N) is 1. The highest BCUT2D eigenvalue weighted by Crippen LogP contribution is 2.26. The van der Waals surface area contributed by atoms with E-state index in [2.05, 4.69) is 50.4 Å². The van der Waals surface area contributed by atoms with Crippen molar-refractivity contribution in [1.29, 1.82) is 0 Å². The van der Waals surface area contributed by atoms with Crippen LogP contribution in [0.15, 0.2) is 29.2 Å². The SMILES string of the molecule is CNC(CCSc1ccc(C(C)(C)C)cc1)C(N)=O. The first-order valence-electron chi connectivity index (χ1n) is 6.54. The molecule has 1 aromatic carbocycles. The van der Waals surface area contributed by atoms with E-state index in [4.69, 9.17) is 5.73 Å². The topological polar surface area (TPSA) is 55.1 Å². The first-order valence-corrected chi connectivity index (χ1v) is 7.53. The summed E-state index contributed by atoms with van der Waals surface area (Å²) in [6.07, 6.45) is 0.748. The van der Waals surface area contributed by atoms with Crippen molar-refractivity contribution in [3.05, 3.63) is 29.8 Å². The number of hydrogen-bond donors (Lipinski definition) is 2. The fourth-order valence-corrected chi connectivity index (χ4v) is 2.69. The van der Waals surface area contributed by atoms with Gasteiger partial charge in [0.05, 0.1) is 6.04 Å². The van der Waals surface area contributed by atoms with Gasteiger partial charge < -0.3 is 11.1 Å². The molecule has 0 heterocycles. The van der Waals surface area contributed by atoms with Crippen molar-refractivity contribution in [2.75, 3.05) is 12.8 Å². The Bertz CT molecular complexity index is 409. The molecule has 0 radical (unpaired) electrons. The third-order valence-corrected chi connectivity index (χ3v) is 4.13. The minimum absolute atomic E-state index is 0.187. The van der Waals surface area contributed by atoms with E-state index in [1.807, 2.05) is 0 Å². The first-order chi connectivity index (χ1) is 8.84. The average molecular weight is 280 g/mol. The molecule has 19 heavy (non-hydrogen) atoms. The van der Waals surface area contributed by atoms with Gasteiger partial charge in [-0.1, -0.05) is 32.9 Å². The van der Waals surface area contributed by atoms with Crippen LogP contribution in [0.25, 0.3) is 0 Å². The van der Waals surface area contributed by atoms with E-state index in [0.29, 0.717) is 0 Å². The molecule has 0 aliphatic heterocycles. The van der Waals surface area contributed by atoms with E-state index in [1.54, 1.807) is 18.8 Å². The zero-order valence-corrected chi connectivity index (χ0v) is 13.0. The van der Waals surface area contributed by atoms with Crippen molar-refractivity contribution in [1.82, 2.24) is 5.32 Å². The van der Waals surface area contributed by atoms with Gasteiger partial charge in [-0.15, -0.1) is 11.8 Å². The number of amides is 1. The standard InChI is InChI=1S/C15H24N2OS/c1-15(2,3)11-5-7-12(8-6-11)19-10-9-13(17-4)14(16)18/h5-8,13,17H,9-10H2,1-4H3,(H2,16,18). The third kappa shape index (κ3) is 5.25. The summed E-state index contributed by atoms with van der Waals surface area (Å²) < 4.78 is 0. The summed E-state index contributed by atoms with van der Waals surface area (Å²) in [5, 5.41) is 2.93. The van der Waals surface area contributed by atoms with Crippen LogP contribution < -0.4 is 11.1 Å². The number of benzene rings is 1. The van der Waals surface area contributed by atoms with E-state index < -0.39 is 0 Å². The average Bonchev–Trinajstić information content (AvgIpc) is 2.33. The first kappa shape index (κ1) is 16.1. The minimum atomic E-state index is -0.286. The summed E-state index contributed by atoms with van der Waals surface area (Å²) in [5.41, 5.74) is 6.81. The van der Waals surface area contributed by atoms with Crippen molar-refractivity contribution in [2.24, 2.45) is 5.73 Å². The van der Waals surface area contributed by atoms with Gasteiger partial charge in [-0.05, 0) is 42.3 Å². The van der Waals surface area contributed by atoms with Crippen LogP contribution in [-0.2, 0) is 10.2 Å². The Morgan fingerprint density at radius 1 is 1.32 bits per heavy atom. The predicted octanol–water partition coefficient (Wildman–Crippen LogP) is 2.54. The van der Waals surface area contributed by atoms with Gasteiger partial charge >= 0.3 is 0 Å². The number of hydrogen-bond acceptors (Lipinski definition) is 3. The molecule has 0 fully saturated rings. The molecule has 1 atom stereocenters. The van der Waals surface area contributed by atoms with Gasteiger partial charge in [0.25, 0.3) is 0 Å². The molecule has 0 bridgehead atoms. The molecule has 0 aliphatic rings. The molecule has 0 spiro atoms. The lowest BCUT2D eigenvalue weighted by atomic mass is 9.87. The van der Waals surface area contributed by atoms with E-state index >= 15 is 0 Å². The van der Waals surface area contributed by atoms with Crippen LogP contribution in [0.1, 0.15) is 32.8 Å². The van der Waals surface area contributed by atoms with Crippen molar-refractivity contribution in [2.45, 2.75) is 43.5 Å². The largest absolute Gasteiger partial charge is 0.368 e. The fourth-order valence-electron chi connectivity index (χ4n) is 1.77. The van der Waals surface area contributed by atoms with Gasteiger partial charge in [0.1, 0.15) is 0 Å². The smallest absolute Gasteiger partial charge is 0.234 e. The maximum atomic E-state index is 11.1. The lowest BCUT2D eigenvalue weighted by molar-refractivity contribution is -0.119. The molecule has 3 N–H and O–H groups in total. The highest BCUT2D eigenvalue weighted by Gasteiger charge is 2.14. The quantitative estimate of drug-likeness (QED) is 0.787. The van der Waals surface area contributed by atoms with E-state index in [0.717, 1.165) is 12.2 Å². The summed E-state index contributed by atoms with van der Waals surface area (Å²) in [6, 6.07) is 8.40. The van der Waals surface area contributed by atoms with Crippen molar-refractivity contribution < 1.29 is 4.79 Å². The van der Waals surface area contributed by atoms with Gasteiger partial charge in [-0.25, -0.2) is 0 Å². The number of nitrogens with one attached hydrogen (secondary N) is 1. The number of primary amides is 1. The minimum Gasteiger partial charge on any atom is -0.368 e. The van der Waals surface area contributed by atoms with Crippen molar-refractivity contribution >= 4 is 17.7 Å². The normalized spacial score (nSPS) is 13.3. The van der Waals surface area contributed by atoms with E-state index in [1.165, 1.54) is 10.5 Å². The van der Waals surface area contributed by atoms with E-state index in [9.17, 15) is 4.79 Å². The molecule has 1 amide bonds. The second kappa shape index (κ2) is 6.96. The van der Waals surface area contributed by atoms with Gasteiger partial charge in [0.2, 0.25) is 5.91 Å². The van der Waals surface area contributed by atoms with Crippen LogP contribution in [-0.4, -0.2) is 24.7 Å². The van der Waals surface area contributed by atoms with Crippen LogP contribution in [0, 0.1) is 0 Å². The Labute approximate surface area is 120 Å². The second-order valence-electron chi connectivity index (χ2n) is 5.66. The molecular formula is C15H24N2OS. The number of carbonyl (C=O) groups excluding carboxylic acids is 1. The highest BCUT2D eigenvalue weighted by atomic mass is 32.2. The zero-order chi connectivity index (χ0) is 14.5. The zero-order valence-electron chi connectivity index (χ0n) is 12.2. The molecular weight excluding hydrogens is 256 g/mol. The van der Waals surface area contributed by atoms with Gasteiger partial charge in [-0.3, -0.25) is 4.79 Å². The maximum absolute atomic E-state index is 11.1. The summed E-state index contributed by atoms with van der Waals surface area (Å²) in [7, 11) is 1.76. The monoisotopic (exact) mass is 280 g/mol. The molecule has 4 heteroatoms. The highest BCUT2D eigenvalue weighted by molar-refractivity contribution is 7.99. The van der Waals surface area contributed by atoms with Crippen LogP contribution >= 0.6 is 11.8 Å². The van der Waals surface area contributed by atoms with Gasteiger partial charge in [0, 0.05) is 4.90 Å². The third-order valence-electron chi connectivity index (χ3n) is 3.09. The van der Waals surface area contributed by atoms with Gasteiger partial charge in [-0.2, -0.15) is 0 Å². The van der Waals surface area contributed by atoms with Crippen LogP contribution in [0.2, 0.25) is 0 Å². The molecule has 3 nitrogen and oxygen atoms in total. The molecule has 0 saturated heterocycles. The summed E-state index contributed by atoms with van der Waals surface area (Å²) in [6.45, 7) is 6.62. The summed E-state index contributed by atoms with van der Waals surface area (Å²) >= 11 is 1.75. The lowest BCUT2D eigenvalue weighted by Gasteiger charge is -2.19. The summed E-state index contributed by atoms with van der Waals surface area (Å²) in [4.78, 5) is 12.3. The molecule has 1 aromatic rings. The number of rotatable bonds is 6. The van der Waals surface area contributed by atoms with Crippen LogP contribution in [0.5, 0.6) is 0 Å². The predicted molar refractivity (Wildman–Crippen MR) is 82.5 cm³/mol. The molecule has 0 saturated carbocycles. The molecule has 0 aromatic heterocycles. The van der Waals surface area contributed by atoms with Crippen LogP contribution in [0.4, 0.5) is 0 Å². The Kier molecular flexibility index (Phi) is 5.88. The molecule has 1 rings (SSSR count). The summed E-state index contributed by atoms with van der Waals surface area (Å²) in [5.74, 6) is 0.592. The number of carbonyl (C=O) groups is 1. The molecule has 106 valence electrons. The molecule has 1 unspecified atom stereocenters. The Morgan fingerprint density at radius 3 is 2.32 bits per heavy atom. The van der Waals surface area contributed by atoms with Crippen molar-refractivity contribution in [3.63, 3.8) is 0 Å². The fraction of sp³-hybridized carbons (Fsp3) is 0.533. The maximum Gasteiger partial charge on any atom is 0.234 e. The number of likely N-dealkylation sites (N-methyl/N-ethyl adjacent to an activating group) is 1. The van der Waals surface area contributed by atoms with E-state index in [-0.39, 0.29) is 17.4 Å².